The van der Waals surface area contributed by atoms with E-state index in [0.29, 0.717) is 5.92 Å². The highest BCUT2D eigenvalue weighted by Crippen LogP contribution is 2.22. The second-order valence-corrected chi connectivity index (χ2v) is 5.93. The second kappa shape index (κ2) is 11.9. The van der Waals surface area contributed by atoms with E-state index in [1.54, 1.807) is 5.57 Å². The molecule has 0 aliphatic heterocycles. The highest BCUT2D eigenvalue weighted by atomic mass is 14.1. The molecule has 2 atom stereocenters. The number of allylic oxidation sites excluding steroid dienone is 2. The Hall–Kier alpha value is -0.195. The summed E-state index contributed by atoms with van der Waals surface area (Å²) in [5.74, 6) is 1.65. The molecule has 0 rings (SSSR count). The minimum Gasteiger partial charge on any atom is -0.0887 e. The third-order valence-electron chi connectivity index (χ3n) is 4.23. The summed E-state index contributed by atoms with van der Waals surface area (Å²) in [6.07, 6.45) is 14.0. The zero-order chi connectivity index (χ0) is 13.8. The van der Waals surface area contributed by atoms with Crippen molar-refractivity contribution in [3.05, 3.63) is 11.6 Å². The van der Waals surface area contributed by atoms with Crippen LogP contribution in [0, 0.1) is 11.8 Å². The summed E-state index contributed by atoms with van der Waals surface area (Å²) in [7, 11) is 5.63. The van der Waals surface area contributed by atoms with Gasteiger partial charge < -0.3 is 0 Å². The van der Waals surface area contributed by atoms with E-state index in [1.165, 1.54) is 51.4 Å². The van der Waals surface area contributed by atoms with Crippen molar-refractivity contribution >= 4 is 7.85 Å². The molecule has 0 aromatic rings. The van der Waals surface area contributed by atoms with Gasteiger partial charge >= 0.3 is 0 Å². The Bertz CT molecular complexity index is 208. The quantitative estimate of drug-likeness (QED) is 0.241. The van der Waals surface area contributed by atoms with E-state index in [4.69, 9.17) is 7.85 Å². The monoisotopic (exact) mass is 248 g/mol. The van der Waals surface area contributed by atoms with Crippen LogP contribution >= 0.6 is 0 Å². The Morgan fingerprint density at radius 1 is 1.11 bits per heavy atom. The van der Waals surface area contributed by atoms with Crippen molar-refractivity contribution in [3.63, 3.8) is 0 Å². The van der Waals surface area contributed by atoms with Crippen molar-refractivity contribution in [2.45, 2.75) is 85.4 Å². The van der Waals surface area contributed by atoms with Crippen LogP contribution in [0.25, 0.3) is 0 Å². The van der Waals surface area contributed by atoms with Crippen LogP contribution in [0.4, 0.5) is 0 Å². The van der Waals surface area contributed by atoms with Crippen molar-refractivity contribution in [1.29, 1.82) is 0 Å². The predicted molar refractivity (Wildman–Crippen MR) is 85.3 cm³/mol. The lowest BCUT2D eigenvalue weighted by atomic mass is 9.88. The van der Waals surface area contributed by atoms with E-state index in [2.05, 4.69) is 33.8 Å². The summed E-state index contributed by atoms with van der Waals surface area (Å²) in [5.41, 5.74) is 1.55. The zero-order valence-electron chi connectivity index (χ0n) is 13.2. The maximum absolute atomic E-state index is 5.63. The molecular formula is C17H33B. The fraction of sp³-hybridized carbons (Fsp3) is 0.882. The number of unbranched alkanes of at least 4 members (excludes halogenated alkanes) is 2. The standard InChI is InChI=1S/C17H33B/c1-5-15(3)12-13-17(6-2)11-9-7-8-10-16(4)14-18/h5,16-17H,6-14H2,1-4H3. The minimum absolute atomic E-state index is 0.712. The number of rotatable bonds is 11. The molecule has 0 heterocycles. The second-order valence-electron chi connectivity index (χ2n) is 5.93. The Balaban J connectivity index is 3.55. The molecule has 0 nitrogen and oxygen atoms in total. The summed E-state index contributed by atoms with van der Waals surface area (Å²) in [5, 5.41) is 0. The van der Waals surface area contributed by atoms with Gasteiger partial charge in [0, 0.05) is 0 Å². The minimum atomic E-state index is 0.712. The van der Waals surface area contributed by atoms with Crippen molar-refractivity contribution in [1.82, 2.24) is 0 Å². The molecule has 0 spiro atoms. The first-order valence-corrected chi connectivity index (χ1v) is 7.95. The molecule has 18 heavy (non-hydrogen) atoms. The van der Waals surface area contributed by atoms with Crippen molar-refractivity contribution in [3.8, 4) is 0 Å². The molecule has 0 saturated heterocycles. The number of hydrogen-bond acceptors (Lipinski definition) is 0. The molecule has 0 saturated carbocycles. The van der Waals surface area contributed by atoms with E-state index >= 15 is 0 Å². The molecule has 0 bridgehead atoms. The summed E-state index contributed by atoms with van der Waals surface area (Å²) in [4.78, 5) is 0. The molecule has 104 valence electrons. The maximum Gasteiger partial charge on any atom is 0.0656 e. The smallest absolute Gasteiger partial charge is 0.0656 e. The lowest BCUT2D eigenvalue weighted by molar-refractivity contribution is 0.407. The van der Waals surface area contributed by atoms with Gasteiger partial charge in [0.15, 0.2) is 0 Å². The van der Waals surface area contributed by atoms with Gasteiger partial charge in [0.1, 0.15) is 0 Å². The van der Waals surface area contributed by atoms with Crippen molar-refractivity contribution in [2.75, 3.05) is 0 Å². The SMILES string of the molecule is [B]CC(C)CCCCCC(CC)CCC(C)=CC. The summed E-state index contributed by atoms with van der Waals surface area (Å²) in [6.45, 7) is 9.00. The molecule has 2 unspecified atom stereocenters. The number of hydrogen-bond donors (Lipinski definition) is 0. The van der Waals surface area contributed by atoms with Crippen LogP contribution in [0.5, 0.6) is 0 Å². The molecule has 0 aromatic carbocycles. The first-order valence-electron chi connectivity index (χ1n) is 7.95. The molecule has 0 fully saturated rings. The van der Waals surface area contributed by atoms with Gasteiger partial charge in [-0.1, -0.05) is 76.3 Å². The van der Waals surface area contributed by atoms with Crippen LogP contribution in [0.1, 0.15) is 79.1 Å². The lowest BCUT2D eigenvalue weighted by Crippen LogP contribution is -2.00. The predicted octanol–water partition coefficient (Wildman–Crippen LogP) is 5.93. The van der Waals surface area contributed by atoms with E-state index < -0.39 is 0 Å². The molecule has 0 aliphatic rings. The van der Waals surface area contributed by atoms with Crippen molar-refractivity contribution in [2.24, 2.45) is 11.8 Å². The third kappa shape index (κ3) is 9.80. The van der Waals surface area contributed by atoms with Gasteiger partial charge in [-0.05, 0) is 32.6 Å². The van der Waals surface area contributed by atoms with Gasteiger partial charge in [0.2, 0.25) is 0 Å². The fourth-order valence-corrected chi connectivity index (χ4v) is 2.35. The Kier molecular flexibility index (Phi) is 11.7. The molecule has 0 aromatic heterocycles. The Morgan fingerprint density at radius 2 is 1.78 bits per heavy atom. The third-order valence-corrected chi connectivity index (χ3v) is 4.23. The summed E-state index contributed by atoms with van der Waals surface area (Å²) in [6, 6.07) is 0. The largest absolute Gasteiger partial charge is 0.0887 e. The van der Waals surface area contributed by atoms with E-state index in [1.807, 2.05) is 0 Å². The van der Waals surface area contributed by atoms with Crippen LogP contribution in [-0.4, -0.2) is 7.85 Å². The van der Waals surface area contributed by atoms with Crippen LogP contribution in [0.3, 0.4) is 0 Å². The highest BCUT2D eigenvalue weighted by molar-refractivity contribution is 6.08. The Labute approximate surface area is 117 Å². The molecular weight excluding hydrogens is 215 g/mol. The zero-order valence-corrected chi connectivity index (χ0v) is 13.2. The molecule has 1 heteroatoms. The average molecular weight is 248 g/mol. The van der Waals surface area contributed by atoms with Crippen LogP contribution in [0.2, 0.25) is 6.32 Å². The van der Waals surface area contributed by atoms with Gasteiger partial charge in [0.25, 0.3) is 0 Å². The van der Waals surface area contributed by atoms with Gasteiger partial charge in [-0.2, -0.15) is 0 Å². The van der Waals surface area contributed by atoms with E-state index in [9.17, 15) is 0 Å². The van der Waals surface area contributed by atoms with Gasteiger partial charge in [-0.25, -0.2) is 0 Å². The van der Waals surface area contributed by atoms with Gasteiger partial charge in [-0.15, -0.1) is 0 Å². The summed E-state index contributed by atoms with van der Waals surface area (Å²) >= 11 is 0. The van der Waals surface area contributed by atoms with E-state index in [0.717, 1.165) is 12.2 Å². The molecule has 2 radical (unpaired) electrons. The van der Waals surface area contributed by atoms with Crippen LogP contribution in [0.15, 0.2) is 11.6 Å². The molecule has 0 aliphatic carbocycles. The van der Waals surface area contributed by atoms with Crippen molar-refractivity contribution < 1.29 is 0 Å². The summed E-state index contributed by atoms with van der Waals surface area (Å²) < 4.78 is 0. The first-order chi connectivity index (χ1) is 8.63. The van der Waals surface area contributed by atoms with E-state index in [-0.39, 0.29) is 0 Å². The topological polar surface area (TPSA) is 0 Å². The van der Waals surface area contributed by atoms with Crippen LogP contribution < -0.4 is 0 Å². The molecule has 0 N–H and O–H groups in total. The highest BCUT2D eigenvalue weighted by Gasteiger charge is 2.06. The Morgan fingerprint density at radius 3 is 2.33 bits per heavy atom. The van der Waals surface area contributed by atoms with Gasteiger partial charge in [-0.3, -0.25) is 0 Å². The maximum atomic E-state index is 5.63. The first kappa shape index (κ1) is 17.8. The normalized spacial score (nSPS) is 15.7. The fourth-order valence-electron chi connectivity index (χ4n) is 2.35. The molecule has 0 amide bonds. The van der Waals surface area contributed by atoms with Gasteiger partial charge in [0.05, 0.1) is 7.85 Å². The van der Waals surface area contributed by atoms with Crippen LogP contribution in [-0.2, 0) is 0 Å². The average Bonchev–Trinajstić information content (AvgIpc) is 2.40. The lowest BCUT2D eigenvalue weighted by Gasteiger charge is -2.15.